The SMILES string of the molecule is CCC(NC)c1ccn(CCC(C)(C)C#N)c1. The summed E-state index contributed by atoms with van der Waals surface area (Å²) in [7, 11) is 1.99. The van der Waals surface area contributed by atoms with Crippen molar-refractivity contribution in [1.29, 1.82) is 5.26 Å². The monoisotopic (exact) mass is 233 g/mol. The highest BCUT2D eigenvalue weighted by Crippen LogP contribution is 2.21. The van der Waals surface area contributed by atoms with Crippen LogP contribution in [0.2, 0.25) is 0 Å². The lowest BCUT2D eigenvalue weighted by atomic mass is 9.91. The van der Waals surface area contributed by atoms with E-state index >= 15 is 0 Å². The molecule has 0 spiro atoms. The molecule has 1 rings (SSSR count). The van der Waals surface area contributed by atoms with E-state index in [2.05, 4.69) is 41.3 Å². The van der Waals surface area contributed by atoms with Gasteiger partial charge in [-0.3, -0.25) is 0 Å². The summed E-state index contributed by atoms with van der Waals surface area (Å²) in [5.41, 5.74) is 1.09. The smallest absolute Gasteiger partial charge is 0.0684 e. The van der Waals surface area contributed by atoms with Gasteiger partial charge < -0.3 is 9.88 Å². The van der Waals surface area contributed by atoms with Gasteiger partial charge in [-0.05, 0) is 45.4 Å². The third kappa shape index (κ3) is 3.90. The lowest BCUT2D eigenvalue weighted by Crippen LogP contribution is -2.15. The highest BCUT2D eigenvalue weighted by atomic mass is 14.9. The summed E-state index contributed by atoms with van der Waals surface area (Å²) in [6, 6.07) is 4.93. The Morgan fingerprint density at radius 1 is 1.53 bits per heavy atom. The van der Waals surface area contributed by atoms with Crippen LogP contribution < -0.4 is 5.32 Å². The number of rotatable bonds is 6. The summed E-state index contributed by atoms with van der Waals surface area (Å²) in [4.78, 5) is 0. The first-order chi connectivity index (χ1) is 8.02. The van der Waals surface area contributed by atoms with E-state index in [1.807, 2.05) is 20.9 Å². The van der Waals surface area contributed by atoms with E-state index in [4.69, 9.17) is 5.26 Å². The Balaban J connectivity index is 2.61. The van der Waals surface area contributed by atoms with Gasteiger partial charge in [-0.15, -0.1) is 0 Å². The van der Waals surface area contributed by atoms with Crippen molar-refractivity contribution in [3.63, 3.8) is 0 Å². The number of nitrogens with one attached hydrogen (secondary N) is 1. The number of nitriles is 1. The maximum absolute atomic E-state index is 8.97. The van der Waals surface area contributed by atoms with Crippen LogP contribution in [-0.2, 0) is 6.54 Å². The van der Waals surface area contributed by atoms with Gasteiger partial charge in [0.2, 0.25) is 0 Å². The Labute approximate surface area is 104 Å². The van der Waals surface area contributed by atoms with Gasteiger partial charge in [0.05, 0.1) is 11.5 Å². The van der Waals surface area contributed by atoms with Crippen molar-refractivity contribution in [2.24, 2.45) is 5.41 Å². The van der Waals surface area contributed by atoms with Gasteiger partial charge in [0.25, 0.3) is 0 Å². The number of aromatic nitrogens is 1. The molecular formula is C14H23N3. The van der Waals surface area contributed by atoms with Gasteiger partial charge in [-0.1, -0.05) is 6.92 Å². The maximum Gasteiger partial charge on any atom is 0.0684 e. The van der Waals surface area contributed by atoms with E-state index in [0.717, 1.165) is 19.4 Å². The van der Waals surface area contributed by atoms with Crippen molar-refractivity contribution < 1.29 is 0 Å². The number of aryl methyl sites for hydroxylation is 1. The minimum atomic E-state index is -0.238. The zero-order chi connectivity index (χ0) is 12.9. The van der Waals surface area contributed by atoms with Crippen molar-refractivity contribution >= 4 is 0 Å². The van der Waals surface area contributed by atoms with Gasteiger partial charge >= 0.3 is 0 Å². The minimum Gasteiger partial charge on any atom is -0.354 e. The van der Waals surface area contributed by atoms with Crippen molar-refractivity contribution in [2.45, 2.75) is 46.2 Å². The molecule has 0 saturated carbocycles. The molecule has 1 unspecified atom stereocenters. The molecule has 17 heavy (non-hydrogen) atoms. The van der Waals surface area contributed by atoms with Crippen LogP contribution in [0, 0.1) is 16.7 Å². The third-order valence-electron chi connectivity index (χ3n) is 3.23. The fourth-order valence-corrected chi connectivity index (χ4v) is 1.88. The molecule has 3 nitrogen and oxygen atoms in total. The fourth-order valence-electron chi connectivity index (χ4n) is 1.88. The molecule has 94 valence electrons. The molecule has 0 fully saturated rings. The standard InChI is InChI=1S/C14H23N3/c1-5-13(16-4)12-6-8-17(10-12)9-7-14(2,3)11-15/h6,8,10,13,16H,5,7,9H2,1-4H3. The van der Waals surface area contributed by atoms with Crippen molar-refractivity contribution in [1.82, 2.24) is 9.88 Å². The summed E-state index contributed by atoms with van der Waals surface area (Å²) in [5, 5.41) is 12.3. The van der Waals surface area contributed by atoms with Crippen molar-refractivity contribution in [3.8, 4) is 6.07 Å². The van der Waals surface area contributed by atoms with E-state index < -0.39 is 0 Å². The Hall–Kier alpha value is -1.27. The van der Waals surface area contributed by atoms with Crippen LogP contribution in [0.3, 0.4) is 0 Å². The molecule has 0 radical (unpaired) electrons. The molecule has 0 bridgehead atoms. The minimum absolute atomic E-state index is 0.238. The lowest BCUT2D eigenvalue weighted by molar-refractivity contribution is 0.413. The van der Waals surface area contributed by atoms with Crippen LogP contribution in [-0.4, -0.2) is 11.6 Å². The lowest BCUT2D eigenvalue weighted by Gasteiger charge is -2.15. The molecule has 0 amide bonds. The molecular weight excluding hydrogens is 210 g/mol. The molecule has 3 heteroatoms. The predicted molar refractivity (Wildman–Crippen MR) is 70.5 cm³/mol. The second kappa shape index (κ2) is 5.88. The van der Waals surface area contributed by atoms with Crippen molar-refractivity contribution in [2.75, 3.05) is 7.05 Å². The molecule has 1 N–H and O–H groups in total. The van der Waals surface area contributed by atoms with Gasteiger partial charge in [-0.2, -0.15) is 5.26 Å². The van der Waals surface area contributed by atoms with E-state index in [-0.39, 0.29) is 5.41 Å². The number of nitrogens with zero attached hydrogens (tertiary/aromatic N) is 2. The Morgan fingerprint density at radius 3 is 2.76 bits per heavy atom. The van der Waals surface area contributed by atoms with Crippen LogP contribution in [0.25, 0.3) is 0 Å². The molecule has 0 aromatic carbocycles. The average Bonchev–Trinajstić information content (AvgIpc) is 2.77. The topological polar surface area (TPSA) is 40.8 Å². The quantitative estimate of drug-likeness (QED) is 0.820. The van der Waals surface area contributed by atoms with Crippen LogP contribution in [0.4, 0.5) is 0 Å². The molecule has 0 aliphatic rings. The molecule has 1 aromatic rings. The highest BCUT2D eigenvalue weighted by molar-refractivity contribution is 5.15. The van der Waals surface area contributed by atoms with Crippen molar-refractivity contribution in [3.05, 3.63) is 24.0 Å². The van der Waals surface area contributed by atoms with Crippen LogP contribution >= 0.6 is 0 Å². The third-order valence-corrected chi connectivity index (χ3v) is 3.23. The summed E-state index contributed by atoms with van der Waals surface area (Å²) >= 11 is 0. The predicted octanol–water partition coefficient (Wildman–Crippen LogP) is 3.10. The summed E-state index contributed by atoms with van der Waals surface area (Å²) in [5.74, 6) is 0. The van der Waals surface area contributed by atoms with E-state index in [1.54, 1.807) is 0 Å². The summed E-state index contributed by atoms with van der Waals surface area (Å²) < 4.78 is 2.18. The molecule has 1 aromatic heterocycles. The average molecular weight is 233 g/mol. The maximum atomic E-state index is 8.97. The fraction of sp³-hybridized carbons (Fsp3) is 0.643. The highest BCUT2D eigenvalue weighted by Gasteiger charge is 2.16. The second-order valence-corrected chi connectivity index (χ2v) is 5.18. The largest absolute Gasteiger partial charge is 0.354 e. The van der Waals surface area contributed by atoms with Crippen LogP contribution in [0.1, 0.15) is 45.2 Å². The second-order valence-electron chi connectivity index (χ2n) is 5.18. The normalized spacial score (nSPS) is 13.4. The first kappa shape index (κ1) is 13.8. The Morgan fingerprint density at radius 2 is 2.24 bits per heavy atom. The van der Waals surface area contributed by atoms with Crippen LogP contribution in [0.5, 0.6) is 0 Å². The Kier molecular flexibility index (Phi) is 4.77. The molecule has 0 saturated heterocycles. The number of hydrogen-bond acceptors (Lipinski definition) is 2. The van der Waals surface area contributed by atoms with Gasteiger partial charge in [0, 0.05) is 25.0 Å². The van der Waals surface area contributed by atoms with Gasteiger partial charge in [-0.25, -0.2) is 0 Å². The molecule has 0 aliphatic heterocycles. The number of hydrogen-bond donors (Lipinski definition) is 1. The molecule has 0 aliphatic carbocycles. The van der Waals surface area contributed by atoms with Crippen LogP contribution in [0.15, 0.2) is 18.5 Å². The van der Waals surface area contributed by atoms with E-state index in [0.29, 0.717) is 6.04 Å². The molecule has 1 atom stereocenters. The first-order valence-electron chi connectivity index (χ1n) is 6.26. The zero-order valence-corrected chi connectivity index (χ0v) is 11.3. The molecule has 1 heterocycles. The van der Waals surface area contributed by atoms with E-state index in [9.17, 15) is 0 Å². The summed E-state index contributed by atoms with van der Waals surface area (Å²) in [6.07, 6.45) is 6.25. The first-order valence-corrected chi connectivity index (χ1v) is 6.26. The zero-order valence-electron chi connectivity index (χ0n) is 11.3. The van der Waals surface area contributed by atoms with Gasteiger partial charge in [0.15, 0.2) is 0 Å². The Bertz CT molecular complexity index is 380. The summed E-state index contributed by atoms with van der Waals surface area (Å²) in [6.45, 7) is 7.05. The van der Waals surface area contributed by atoms with Gasteiger partial charge in [0.1, 0.15) is 0 Å². The van der Waals surface area contributed by atoms with E-state index in [1.165, 1.54) is 5.56 Å².